The molecule has 0 amide bonds. The molecule has 0 aromatic carbocycles. The van der Waals surface area contributed by atoms with E-state index in [0.29, 0.717) is 6.23 Å². The fraction of sp³-hybridized carbons (Fsp3) is 0.667. The first-order valence-corrected chi connectivity index (χ1v) is 7.24. The minimum absolute atomic E-state index is 0.369. The van der Waals surface area contributed by atoms with Crippen LogP contribution < -0.4 is 0 Å². The van der Waals surface area contributed by atoms with Crippen molar-refractivity contribution in [3.05, 3.63) is 12.7 Å². The largest absolute Gasteiger partial charge is 0.463 e. The zero-order valence-corrected chi connectivity index (χ0v) is 9.63. The van der Waals surface area contributed by atoms with Gasteiger partial charge >= 0.3 is 5.97 Å². The Morgan fingerprint density at radius 1 is 1.62 bits per heavy atom. The van der Waals surface area contributed by atoms with E-state index in [9.17, 15) is 4.79 Å². The van der Waals surface area contributed by atoms with Crippen LogP contribution in [0, 0.1) is 0 Å². The van der Waals surface area contributed by atoms with Crippen LogP contribution in [0.2, 0.25) is 12.6 Å². The highest BCUT2D eigenvalue weighted by molar-refractivity contribution is 6.72. The molecule has 0 radical (unpaired) electrons. The SMILES string of the molecule is C=CC(=O)OC[Si](C)(CCC)OC. The van der Waals surface area contributed by atoms with Gasteiger partial charge in [-0.05, 0) is 12.6 Å². The smallest absolute Gasteiger partial charge is 0.329 e. The molecule has 4 heteroatoms. The molecule has 0 rings (SSSR count). The summed E-state index contributed by atoms with van der Waals surface area (Å²) in [5, 5.41) is 0. The van der Waals surface area contributed by atoms with Crippen LogP contribution in [0.25, 0.3) is 0 Å². The normalized spacial score (nSPS) is 14.7. The summed E-state index contributed by atoms with van der Waals surface area (Å²) in [6.45, 7) is 7.49. The summed E-state index contributed by atoms with van der Waals surface area (Å²) in [7, 11) is -0.109. The third-order valence-electron chi connectivity index (χ3n) is 1.96. The molecular formula is C9H18O3Si. The zero-order valence-electron chi connectivity index (χ0n) is 8.63. The zero-order chi connectivity index (χ0) is 10.3. The Bertz CT molecular complexity index is 182. The molecule has 3 nitrogen and oxygen atoms in total. The molecular weight excluding hydrogens is 184 g/mol. The lowest BCUT2D eigenvalue weighted by Crippen LogP contribution is -2.39. The van der Waals surface area contributed by atoms with Crippen molar-refractivity contribution in [1.29, 1.82) is 0 Å². The molecule has 0 aliphatic heterocycles. The van der Waals surface area contributed by atoms with Crippen LogP contribution in [0.1, 0.15) is 13.3 Å². The van der Waals surface area contributed by atoms with Gasteiger partial charge < -0.3 is 9.16 Å². The Morgan fingerprint density at radius 2 is 2.23 bits per heavy atom. The lowest BCUT2D eigenvalue weighted by Gasteiger charge is -2.23. The Hall–Kier alpha value is -0.613. The molecule has 1 unspecified atom stereocenters. The number of rotatable bonds is 6. The summed E-state index contributed by atoms with van der Waals surface area (Å²) in [4.78, 5) is 10.8. The van der Waals surface area contributed by atoms with Gasteiger partial charge in [0.05, 0.1) is 0 Å². The molecule has 0 aliphatic rings. The highest BCUT2D eigenvalue weighted by atomic mass is 28.4. The number of carbonyl (C=O) groups excluding carboxylic acids is 1. The van der Waals surface area contributed by atoms with Crippen molar-refractivity contribution in [2.75, 3.05) is 13.3 Å². The van der Waals surface area contributed by atoms with E-state index >= 15 is 0 Å². The van der Waals surface area contributed by atoms with Gasteiger partial charge in [-0.25, -0.2) is 4.79 Å². The van der Waals surface area contributed by atoms with Crippen LogP contribution in [-0.4, -0.2) is 27.6 Å². The van der Waals surface area contributed by atoms with Gasteiger partial charge in [-0.1, -0.05) is 19.9 Å². The standard InChI is InChI=1S/C9H18O3Si/c1-5-7-13(4,11-3)8-12-9(10)6-2/h6H,2,5,7-8H2,1,3-4H3. The van der Waals surface area contributed by atoms with E-state index in [0.717, 1.165) is 12.5 Å². The van der Waals surface area contributed by atoms with Gasteiger partial charge in [-0.2, -0.15) is 0 Å². The Labute approximate surface area is 80.9 Å². The van der Waals surface area contributed by atoms with Gasteiger partial charge in [0.2, 0.25) is 8.32 Å². The van der Waals surface area contributed by atoms with Gasteiger partial charge in [0.1, 0.15) is 6.23 Å². The second-order valence-corrected chi connectivity index (χ2v) is 7.31. The maximum atomic E-state index is 10.8. The lowest BCUT2D eigenvalue weighted by molar-refractivity contribution is -0.136. The first-order valence-electron chi connectivity index (χ1n) is 4.42. The summed E-state index contributed by atoms with van der Waals surface area (Å²) in [5.41, 5.74) is 0. The molecule has 1 atom stereocenters. The molecule has 0 N–H and O–H groups in total. The van der Waals surface area contributed by atoms with Crippen LogP contribution in [0.5, 0.6) is 0 Å². The monoisotopic (exact) mass is 202 g/mol. The number of carbonyl (C=O) groups is 1. The Balaban J connectivity index is 3.96. The molecule has 0 saturated carbocycles. The fourth-order valence-corrected chi connectivity index (χ4v) is 3.02. The highest BCUT2D eigenvalue weighted by Crippen LogP contribution is 2.13. The predicted octanol–water partition coefficient (Wildman–Crippen LogP) is 1.89. The maximum Gasteiger partial charge on any atom is 0.329 e. The van der Waals surface area contributed by atoms with Crippen molar-refractivity contribution in [1.82, 2.24) is 0 Å². The average Bonchev–Trinajstić information content (AvgIpc) is 2.15. The average molecular weight is 202 g/mol. The molecule has 0 saturated heterocycles. The van der Waals surface area contributed by atoms with E-state index < -0.39 is 8.32 Å². The van der Waals surface area contributed by atoms with E-state index in [2.05, 4.69) is 20.0 Å². The van der Waals surface area contributed by atoms with Crippen molar-refractivity contribution in [2.45, 2.75) is 25.9 Å². The Kier molecular flexibility index (Phi) is 5.66. The first kappa shape index (κ1) is 12.4. The minimum Gasteiger partial charge on any atom is -0.463 e. The van der Waals surface area contributed by atoms with Crippen LogP contribution in [0.15, 0.2) is 12.7 Å². The molecule has 13 heavy (non-hydrogen) atoms. The van der Waals surface area contributed by atoms with Gasteiger partial charge in [-0.15, -0.1) is 0 Å². The summed E-state index contributed by atoms with van der Waals surface area (Å²) in [6, 6.07) is 1.01. The molecule has 0 spiro atoms. The molecule has 0 heterocycles. The van der Waals surface area contributed by atoms with E-state index in [4.69, 9.17) is 9.16 Å². The van der Waals surface area contributed by atoms with Crippen LogP contribution in [0.4, 0.5) is 0 Å². The van der Waals surface area contributed by atoms with Crippen molar-refractivity contribution < 1.29 is 14.0 Å². The van der Waals surface area contributed by atoms with Gasteiger partial charge in [0.25, 0.3) is 0 Å². The number of ether oxygens (including phenoxy) is 1. The molecule has 0 bridgehead atoms. The Morgan fingerprint density at radius 3 is 2.62 bits per heavy atom. The van der Waals surface area contributed by atoms with E-state index in [1.165, 1.54) is 6.08 Å². The van der Waals surface area contributed by atoms with Crippen molar-refractivity contribution >= 4 is 14.3 Å². The fourth-order valence-electron chi connectivity index (χ4n) is 1.04. The van der Waals surface area contributed by atoms with E-state index in [1.54, 1.807) is 7.11 Å². The second-order valence-electron chi connectivity index (χ2n) is 3.22. The summed E-state index contributed by atoms with van der Waals surface area (Å²) in [6.07, 6.45) is 2.65. The number of hydrogen-bond donors (Lipinski definition) is 0. The second kappa shape index (κ2) is 5.94. The number of esters is 1. The molecule has 0 aliphatic carbocycles. The summed E-state index contributed by atoms with van der Waals surface area (Å²) < 4.78 is 10.4. The predicted molar refractivity (Wildman–Crippen MR) is 54.9 cm³/mol. The third kappa shape index (κ3) is 4.85. The first-order chi connectivity index (χ1) is 6.08. The maximum absolute atomic E-state index is 10.8. The van der Waals surface area contributed by atoms with Crippen molar-refractivity contribution in [2.24, 2.45) is 0 Å². The lowest BCUT2D eigenvalue weighted by atomic mass is 10.6. The molecule has 76 valence electrons. The van der Waals surface area contributed by atoms with Crippen molar-refractivity contribution in [3.63, 3.8) is 0 Å². The summed E-state index contributed by atoms with van der Waals surface area (Å²) >= 11 is 0. The topological polar surface area (TPSA) is 35.5 Å². The third-order valence-corrected chi connectivity index (χ3v) is 5.26. The van der Waals surface area contributed by atoms with Gasteiger partial charge in [0.15, 0.2) is 0 Å². The van der Waals surface area contributed by atoms with Crippen LogP contribution >= 0.6 is 0 Å². The van der Waals surface area contributed by atoms with Gasteiger partial charge in [-0.3, -0.25) is 0 Å². The van der Waals surface area contributed by atoms with E-state index in [1.807, 2.05) is 0 Å². The summed E-state index contributed by atoms with van der Waals surface area (Å²) in [5.74, 6) is -0.369. The van der Waals surface area contributed by atoms with Crippen LogP contribution in [0.3, 0.4) is 0 Å². The minimum atomic E-state index is -1.79. The molecule has 0 aromatic rings. The van der Waals surface area contributed by atoms with E-state index in [-0.39, 0.29) is 5.97 Å². The highest BCUT2D eigenvalue weighted by Gasteiger charge is 2.28. The van der Waals surface area contributed by atoms with Crippen molar-refractivity contribution in [3.8, 4) is 0 Å². The van der Waals surface area contributed by atoms with Gasteiger partial charge in [0, 0.05) is 13.2 Å². The van der Waals surface area contributed by atoms with Crippen LogP contribution in [-0.2, 0) is 14.0 Å². The quantitative estimate of drug-likeness (QED) is 0.375. The molecule has 0 aromatic heterocycles. The molecule has 0 fully saturated rings. The number of hydrogen-bond acceptors (Lipinski definition) is 3.